The maximum absolute atomic E-state index is 13.1. The summed E-state index contributed by atoms with van der Waals surface area (Å²) in [5, 5.41) is 0. The van der Waals surface area contributed by atoms with E-state index in [2.05, 4.69) is 19.6 Å². The fraction of sp³-hybridized carbons (Fsp3) is 0.933. The van der Waals surface area contributed by atoms with Crippen LogP contribution in [0.1, 0.15) is 19.3 Å². The van der Waals surface area contributed by atoms with Gasteiger partial charge in [0.05, 0.1) is 6.61 Å². The number of likely N-dealkylation sites (N-methyl/N-ethyl adjacent to an activating group) is 1. The molecule has 0 saturated heterocycles. The highest BCUT2D eigenvalue weighted by Crippen LogP contribution is 2.33. The molecule has 0 radical (unpaired) electrons. The molecule has 4 nitrogen and oxygen atoms in total. The first-order chi connectivity index (χ1) is 10.1. The Bertz CT molecular complexity index is 356. The Hall–Kier alpha value is -0.693. The van der Waals surface area contributed by atoms with Crippen LogP contribution in [-0.2, 0) is 4.74 Å². The standard InChI is InChI=1S/C15H30F2N2O2Si/c1-19(15(20)21-5-6-22(2,3)4)10-12(18)7-11-8-13(16)14(17)9-11/h11-14H,5-10,18H2,1-4H3/t11?,12-,13-,14+/m1/s1. The van der Waals surface area contributed by atoms with E-state index in [0.29, 0.717) is 19.6 Å². The van der Waals surface area contributed by atoms with Crippen LogP contribution in [0, 0.1) is 5.92 Å². The highest BCUT2D eigenvalue weighted by molar-refractivity contribution is 6.76. The van der Waals surface area contributed by atoms with Gasteiger partial charge in [-0.1, -0.05) is 19.6 Å². The third-order valence-electron chi connectivity index (χ3n) is 4.04. The molecular weight excluding hydrogens is 306 g/mol. The lowest BCUT2D eigenvalue weighted by Crippen LogP contribution is -2.40. The van der Waals surface area contributed by atoms with Crippen LogP contribution in [0.4, 0.5) is 13.6 Å². The van der Waals surface area contributed by atoms with Gasteiger partial charge in [0.15, 0.2) is 0 Å². The van der Waals surface area contributed by atoms with Crippen molar-refractivity contribution in [3.8, 4) is 0 Å². The molecule has 1 aliphatic carbocycles. The van der Waals surface area contributed by atoms with E-state index >= 15 is 0 Å². The number of nitrogens with two attached hydrogens (primary N) is 1. The number of alkyl halides is 2. The van der Waals surface area contributed by atoms with Crippen molar-refractivity contribution in [1.82, 2.24) is 4.90 Å². The molecular formula is C15H30F2N2O2Si. The number of ether oxygens (including phenoxy) is 1. The average molecular weight is 336 g/mol. The van der Waals surface area contributed by atoms with Gasteiger partial charge >= 0.3 is 6.09 Å². The molecule has 0 aromatic carbocycles. The second-order valence-electron chi connectivity index (χ2n) is 7.67. The number of amides is 1. The summed E-state index contributed by atoms with van der Waals surface area (Å²) >= 11 is 0. The van der Waals surface area contributed by atoms with E-state index in [4.69, 9.17) is 10.5 Å². The summed E-state index contributed by atoms with van der Waals surface area (Å²) in [6.07, 6.45) is -2.10. The summed E-state index contributed by atoms with van der Waals surface area (Å²) in [6.45, 7) is 7.44. The molecule has 1 amide bonds. The minimum atomic E-state index is -1.36. The van der Waals surface area contributed by atoms with Crippen LogP contribution in [0.25, 0.3) is 0 Å². The number of hydrogen-bond donors (Lipinski definition) is 1. The lowest BCUT2D eigenvalue weighted by Gasteiger charge is -2.23. The molecule has 130 valence electrons. The molecule has 0 bridgehead atoms. The zero-order chi connectivity index (χ0) is 16.9. The minimum absolute atomic E-state index is 0.0312. The lowest BCUT2D eigenvalue weighted by molar-refractivity contribution is 0.112. The molecule has 7 heteroatoms. The van der Waals surface area contributed by atoms with Crippen molar-refractivity contribution in [1.29, 1.82) is 0 Å². The highest BCUT2D eigenvalue weighted by atomic mass is 28.3. The topological polar surface area (TPSA) is 55.6 Å². The van der Waals surface area contributed by atoms with Crippen LogP contribution in [-0.4, -0.2) is 57.7 Å². The van der Waals surface area contributed by atoms with E-state index in [0.717, 1.165) is 6.04 Å². The molecule has 0 aliphatic heterocycles. The van der Waals surface area contributed by atoms with Gasteiger partial charge in [0.2, 0.25) is 0 Å². The summed E-state index contributed by atoms with van der Waals surface area (Å²) in [5.41, 5.74) is 5.99. The Morgan fingerprint density at radius 3 is 2.36 bits per heavy atom. The maximum Gasteiger partial charge on any atom is 0.409 e. The van der Waals surface area contributed by atoms with E-state index in [9.17, 15) is 13.6 Å². The summed E-state index contributed by atoms with van der Waals surface area (Å²) < 4.78 is 31.5. The number of rotatable bonds is 7. The number of halogens is 2. The van der Waals surface area contributed by atoms with Gasteiger partial charge in [0.1, 0.15) is 12.3 Å². The van der Waals surface area contributed by atoms with Crippen molar-refractivity contribution in [2.45, 2.75) is 63.3 Å². The molecule has 22 heavy (non-hydrogen) atoms. The van der Waals surface area contributed by atoms with Crippen molar-refractivity contribution >= 4 is 14.2 Å². The van der Waals surface area contributed by atoms with Crippen molar-refractivity contribution in [3.63, 3.8) is 0 Å². The summed E-state index contributed by atoms with van der Waals surface area (Å²) in [5.74, 6) is -0.0312. The van der Waals surface area contributed by atoms with Crippen molar-refractivity contribution < 1.29 is 18.3 Å². The van der Waals surface area contributed by atoms with Gasteiger partial charge in [-0.2, -0.15) is 0 Å². The molecule has 1 rings (SSSR count). The van der Waals surface area contributed by atoms with Gasteiger partial charge in [0.25, 0.3) is 0 Å². The molecule has 2 N–H and O–H groups in total. The van der Waals surface area contributed by atoms with Gasteiger partial charge in [-0.15, -0.1) is 0 Å². The smallest absolute Gasteiger partial charge is 0.409 e. The fourth-order valence-electron chi connectivity index (χ4n) is 2.70. The summed E-state index contributed by atoms with van der Waals surface area (Å²) in [6, 6.07) is 0.647. The van der Waals surface area contributed by atoms with Crippen LogP contribution < -0.4 is 5.73 Å². The minimum Gasteiger partial charge on any atom is -0.450 e. The molecule has 1 unspecified atom stereocenters. The van der Waals surface area contributed by atoms with Gasteiger partial charge < -0.3 is 15.4 Å². The van der Waals surface area contributed by atoms with E-state index < -0.39 is 20.4 Å². The second-order valence-corrected chi connectivity index (χ2v) is 13.3. The number of carbonyl (C=O) groups excluding carboxylic acids is 1. The Morgan fingerprint density at radius 1 is 1.32 bits per heavy atom. The first-order valence-electron chi connectivity index (χ1n) is 8.00. The van der Waals surface area contributed by atoms with E-state index in [-0.39, 0.29) is 30.9 Å². The molecule has 0 spiro atoms. The zero-order valence-corrected chi connectivity index (χ0v) is 15.1. The lowest BCUT2D eigenvalue weighted by atomic mass is 9.98. The van der Waals surface area contributed by atoms with Crippen LogP contribution in [0.3, 0.4) is 0 Å². The number of nitrogens with zero attached hydrogens (tertiary/aromatic N) is 1. The van der Waals surface area contributed by atoms with Crippen LogP contribution in [0.15, 0.2) is 0 Å². The highest BCUT2D eigenvalue weighted by Gasteiger charge is 2.35. The molecule has 0 heterocycles. The molecule has 0 aromatic rings. The third-order valence-corrected chi connectivity index (χ3v) is 5.75. The number of carbonyl (C=O) groups is 1. The Labute approximate surface area is 133 Å². The van der Waals surface area contributed by atoms with Gasteiger partial charge in [0, 0.05) is 27.7 Å². The first kappa shape index (κ1) is 19.4. The predicted octanol–water partition coefficient (Wildman–Crippen LogP) is 3.20. The van der Waals surface area contributed by atoms with Gasteiger partial charge in [-0.05, 0) is 31.2 Å². The maximum atomic E-state index is 13.1. The Balaban J connectivity index is 2.25. The molecule has 1 fully saturated rings. The molecule has 1 saturated carbocycles. The SMILES string of the molecule is CN(C[C@H](N)CC1C[C@@H](F)[C@@H](F)C1)C(=O)OCC[Si](C)(C)C. The van der Waals surface area contributed by atoms with Crippen molar-refractivity contribution in [2.24, 2.45) is 11.7 Å². The molecule has 1 aliphatic rings. The largest absolute Gasteiger partial charge is 0.450 e. The fourth-order valence-corrected chi connectivity index (χ4v) is 3.42. The second kappa shape index (κ2) is 8.24. The molecule has 4 atom stereocenters. The van der Waals surface area contributed by atoms with E-state index in [1.54, 1.807) is 7.05 Å². The van der Waals surface area contributed by atoms with Crippen molar-refractivity contribution in [2.75, 3.05) is 20.2 Å². The molecule has 0 aromatic heterocycles. The Kier molecular flexibility index (Phi) is 7.25. The van der Waals surface area contributed by atoms with Gasteiger partial charge in [-0.25, -0.2) is 13.6 Å². The third kappa shape index (κ3) is 7.04. The number of hydrogen-bond acceptors (Lipinski definition) is 3. The quantitative estimate of drug-likeness (QED) is 0.726. The van der Waals surface area contributed by atoms with Crippen molar-refractivity contribution in [3.05, 3.63) is 0 Å². The predicted molar refractivity (Wildman–Crippen MR) is 87.2 cm³/mol. The van der Waals surface area contributed by atoms with Gasteiger partial charge in [-0.3, -0.25) is 0 Å². The van der Waals surface area contributed by atoms with Crippen LogP contribution in [0.5, 0.6) is 0 Å². The normalized spacial score (nSPS) is 26.8. The first-order valence-corrected chi connectivity index (χ1v) is 11.7. The summed E-state index contributed by atoms with van der Waals surface area (Å²) in [7, 11) is 0.420. The Morgan fingerprint density at radius 2 is 1.86 bits per heavy atom. The summed E-state index contributed by atoms with van der Waals surface area (Å²) in [4.78, 5) is 13.3. The van der Waals surface area contributed by atoms with E-state index in [1.165, 1.54) is 4.90 Å². The zero-order valence-electron chi connectivity index (χ0n) is 14.1. The monoisotopic (exact) mass is 336 g/mol. The van der Waals surface area contributed by atoms with Crippen LogP contribution >= 0.6 is 0 Å². The van der Waals surface area contributed by atoms with Crippen LogP contribution in [0.2, 0.25) is 25.7 Å². The average Bonchev–Trinajstić information content (AvgIpc) is 2.65. The van der Waals surface area contributed by atoms with E-state index in [1.807, 2.05) is 0 Å².